The number of anilines is 2. The summed E-state index contributed by atoms with van der Waals surface area (Å²) in [4.78, 5) is 16.7. The summed E-state index contributed by atoms with van der Waals surface area (Å²) in [5, 5.41) is 3.02. The Balaban J connectivity index is 2.01. The van der Waals surface area contributed by atoms with E-state index in [1.807, 2.05) is 31.1 Å². The summed E-state index contributed by atoms with van der Waals surface area (Å²) in [6, 6.07) is 6.46. The largest absolute Gasteiger partial charge is 0.399 e. The molecule has 1 saturated carbocycles. The minimum Gasteiger partial charge on any atom is -0.399 e. The Morgan fingerprint density at radius 3 is 2.62 bits per heavy atom. The van der Waals surface area contributed by atoms with Crippen LogP contribution in [-0.2, 0) is 0 Å². The highest BCUT2D eigenvalue weighted by Crippen LogP contribution is 2.27. The van der Waals surface area contributed by atoms with E-state index in [1.165, 1.54) is 12.8 Å². The molecule has 1 amide bonds. The maximum Gasteiger partial charge on any atom is 0.253 e. The van der Waals surface area contributed by atoms with Gasteiger partial charge in [-0.05, 0) is 45.0 Å². The second-order valence-electron chi connectivity index (χ2n) is 6.13. The van der Waals surface area contributed by atoms with Crippen molar-refractivity contribution in [3.05, 3.63) is 23.8 Å². The number of rotatable bonds is 6. The molecule has 0 bridgehead atoms. The fourth-order valence-electron chi connectivity index (χ4n) is 2.45. The average Bonchev–Trinajstić information content (AvgIpc) is 3.27. The van der Waals surface area contributed by atoms with E-state index < -0.39 is 0 Å². The summed E-state index contributed by atoms with van der Waals surface area (Å²) < 4.78 is 0. The van der Waals surface area contributed by atoms with Crippen molar-refractivity contribution in [2.24, 2.45) is 0 Å². The molecule has 3 N–H and O–H groups in total. The second kappa shape index (κ2) is 6.35. The standard InChI is InChI=1S/C16H26N4O/c1-11(20(4)13-6-7-13)10-18-16(21)14-9-12(17)5-8-15(14)19(2)3/h5,8-9,11,13H,6-7,10,17H2,1-4H3,(H,18,21). The lowest BCUT2D eigenvalue weighted by molar-refractivity contribution is 0.0940. The molecule has 0 spiro atoms. The Morgan fingerprint density at radius 1 is 1.38 bits per heavy atom. The zero-order valence-electron chi connectivity index (χ0n) is 13.4. The third-order valence-corrected chi connectivity index (χ3v) is 4.12. The topological polar surface area (TPSA) is 61.6 Å². The monoisotopic (exact) mass is 290 g/mol. The van der Waals surface area contributed by atoms with Gasteiger partial charge in [-0.25, -0.2) is 0 Å². The van der Waals surface area contributed by atoms with E-state index in [0.717, 1.165) is 5.69 Å². The first-order chi connectivity index (χ1) is 9.90. The lowest BCUT2D eigenvalue weighted by Crippen LogP contribution is -2.41. The van der Waals surface area contributed by atoms with Gasteiger partial charge in [-0.3, -0.25) is 9.69 Å². The number of likely N-dealkylation sites (N-methyl/N-ethyl adjacent to an activating group) is 1. The van der Waals surface area contributed by atoms with Crippen LogP contribution in [-0.4, -0.2) is 50.6 Å². The molecule has 116 valence electrons. The number of nitrogens with one attached hydrogen (secondary N) is 1. The lowest BCUT2D eigenvalue weighted by Gasteiger charge is -2.25. The zero-order valence-corrected chi connectivity index (χ0v) is 13.4. The molecule has 5 heteroatoms. The van der Waals surface area contributed by atoms with Gasteiger partial charge in [-0.15, -0.1) is 0 Å². The van der Waals surface area contributed by atoms with Crippen LogP contribution in [0.2, 0.25) is 0 Å². The normalized spacial score (nSPS) is 15.9. The molecule has 0 aromatic heterocycles. The molecule has 1 aromatic rings. The van der Waals surface area contributed by atoms with E-state index >= 15 is 0 Å². The van der Waals surface area contributed by atoms with Crippen molar-refractivity contribution in [2.45, 2.75) is 31.8 Å². The van der Waals surface area contributed by atoms with Crippen molar-refractivity contribution in [1.82, 2.24) is 10.2 Å². The van der Waals surface area contributed by atoms with Gasteiger partial charge in [0.05, 0.1) is 5.56 Å². The Bertz CT molecular complexity index is 511. The van der Waals surface area contributed by atoms with Crippen molar-refractivity contribution in [3.8, 4) is 0 Å². The molecule has 1 aromatic carbocycles. The van der Waals surface area contributed by atoms with E-state index in [2.05, 4.69) is 24.2 Å². The van der Waals surface area contributed by atoms with Gasteiger partial charge in [0.1, 0.15) is 0 Å². The van der Waals surface area contributed by atoms with Gasteiger partial charge < -0.3 is 16.0 Å². The summed E-state index contributed by atoms with van der Waals surface area (Å²) in [6.07, 6.45) is 2.55. The molecule has 1 aliphatic carbocycles. The highest BCUT2D eigenvalue weighted by molar-refractivity contribution is 6.00. The van der Waals surface area contributed by atoms with Crippen LogP contribution in [0.4, 0.5) is 11.4 Å². The fourth-order valence-corrected chi connectivity index (χ4v) is 2.45. The van der Waals surface area contributed by atoms with Crippen LogP contribution < -0.4 is 16.0 Å². The molecule has 0 aliphatic heterocycles. The maximum atomic E-state index is 12.4. The van der Waals surface area contributed by atoms with Crippen LogP contribution >= 0.6 is 0 Å². The number of carbonyl (C=O) groups is 1. The molecule has 1 unspecified atom stereocenters. The van der Waals surface area contributed by atoms with E-state index in [1.54, 1.807) is 6.07 Å². The predicted octanol–water partition coefficient (Wildman–Crippen LogP) is 1.55. The van der Waals surface area contributed by atoms with E-state index in [0.29, 0.717) is 29.9 Å². The molecule has 2 rings (SSSR count). The fraction of sp³-hybridized carbons (Fsp3) is 0.562. The molecular weight excluding hydrogens is 264 g/mol. The first-order valence-corrected chi connectivity index (χ1v) is 7.47. The van der Waals surface area contributed by atoms with Crippen LogP contribution in [0, 0.1) is 0 Å². The Labute approximate surface area is 127 Å². The van der Waals surface area contributed by atoms with Gasteiger partial charge in [-0.2, -0.15) is 0 Å². The molecule has 0 radical (unpaired) electrons. The minimum atomic E-state index is -0.0675. The number of nitrogen functional groups attached to an aromatic ring is 1. The first kappa shape index (κ1) is 15.6. The third-order valence-electron chi connectivity index (χ3n) is 4.12. The van der Waals surface area contributed by atoms with Crippen molar-refractivity contribution < 1.29 is 4.79 Å². The third kappa shape index (κ3) is 3.88. The number of carbonyl (C=O) groups excluding carboxylic acids is 1. The van der Waals surface area contributed by atoms with Gasteiger partial charge in [0.15, 0.2) is 0 Å². The lowest BCUT2D eigenvalue weighted by atomic mass is 10.1. The number of benzene rings is 1. The molecule has 1 fully saturated rings. The predicted molar refractivity (Wildman–Crippen MR) is 87.8 cm³/mol. The number of hydrogen-bond acceptors (Lipinski definition) is 4. The molecular formula is C16H26N4O. The van der Waals surface area contributed by atoms with Crippen molar-refractivity contribution in [1.29, 1.82) is 0 Å². The summed E-state index contributed by atoms with van der Waals surface area (Å²) in [6.45, 7) is 2.79. The van der Waals surface area contributed by atoms with Crippen molar-refractivity contribution in [2.75, 3.05) is 38.3 Å². The summed E-state index contributed by atoms with van der Waals surface area (Å²) in [5.41, 5.74) is 7.92. The highest BCUT2D eigenvalue weighted by Gasteiger charge is 2.29. The minimum absolute atomic E-state index is 0.0675. The van der Waals surface area contributed by atoms with Crippen LogP contribution in [0.1, 0.15) is 30.1 Å². The SMILES string of the molecule is CC(CNC(=O)c1cc(N)ccc1N(C)C)N(C)C1CC1. The molecule has 1 aliphatic rings. The van der Waals surface area contributed by atoms with E-state index in [-0.39, 0.29) is 5.91 Å². The summed E-state index contributed by atoms with van der Waals surface area (Å²) >= 11 is 0. The smallest absolute Gasteiger partial charge is 0.253 e. The molecule has 5 nitrogen and oxygen atoms in total. The van der Waals surface area contributed by atoms with Crippen LogP contribution in [0.15, 0.2) is 18.2 Å². The average molecular weight is 290 g/mol. The molecule has 21 heavy (non-hydrogen) atoms. The van der Waals surface area contributed by atoms with Crippen molar-refractivity contribution >= 4 is 17.3 Å². The van der Waals surface area contributed by atoms with Gasteiger partial charge in [0.25, 0.3) is 5.91 Å². The number of nitrogens with zero attached hydrogens (tertiary/aromatic N) is 2. The summed E-state index contributed by atoms with van der Waals surface area (Å²) in [7, 11) is 5.97. The Hall–Kier alpha value is -1.75. The van der Waals surface area contributed by atoms with Gasteiger partial charge in [-0.1, -0.05) is 0 Å². The highest BCUT2D eigenvalue weighted by atomic mass is 16.1. The molecule has 0 saturated heterocycles. The second-order valence-corrected chi connectivity index (χ2v) is 6.13. The van der Waals surface area contributed by atoms with Gasteiger partial charge in [0.2, 0.25) is 0 Å². The first-order valence-electron chi connectivity index (χ1n) is 7.47. The number of hydrogen-bond donors (Lipinski definition) is 2. The number of amides is 1. The molecule has 0 heterocycles. The number of nitrogens with two attached hydrogens (primary N) is 1. The zero-order chi connectivity index (χ0) is 15.6. The van der Waals surface area contributed by atoms with Crippen LogP contribution in [0.25, 0.3) is 0 Å². The van der Waals surface area contributed by atoms with E-state index in [9.17, 15) is 4.79 Å². The van der Waals surface area contributed by atoms with Gasteiger partial charge >= 0.3 is 0 Å². The van der Waals surface area contributed by atoms with Crippen LogP contribution in [0.5, 0.6) is 0 Å². The quantitative estimate of drug-likeness (QED) is 0.780. The Morgan fingerprint density at radius 2 is 2.05 bits per heavy atom. The molecule has 1 atom stereocenters. The van der Waals surface area contributed by atoms with E-state index in [4.69, 9.17) is 5.73 Å². The summed E-state index contributed by atoms with van der Waals surface area (Å²) in [5.74, 6) is -0.0675. The van der Waals surface area contributed by atoms with Gasteiger partial charge in [0, 0.05) is 44.1 Å². The Kier molecular flexibility index (Phi) is 4.73. The van der Waals surface area contributed by atoms with Crippen LogP contribution in [0.3, 0.4) is 0 Å². The van der Waals surface area contributed by atoms with Crippen molar-refractivity contribution in [3.63, 3.8) is 0 Å². The maximum absolute atomic E-state index is 12.4.